The quantitative estimate of drug-likeness (QED) is 0.890. The van der Waals surface area contributed by atoms with E-state index in [0.717, 1.165) is 63.2 Å². The number of β-amino-alcohol motifs (C(OH)–C–C–N with tert-alkyl or cyclic N) is 1. The van der Waals surface area contributed by atoms with Crippen LogP contribution in [-0.2, 0) is 4.79 Å². The number of amides is 1. The number of carbonyl (C=O) groups excluding carboxylic acids is 1. The zero-order valence-electron chi connectivity index (χ0n) is 15.2. The maximum atomic E-state index is 12.6. The lowest BCUT2D eigenvalue weighted by Gasteiger charge is -2.36. The third-order valence-corrected chi connectivity index (χ3v) is 5.51. The Morgan fingerprint density at radius 3 is 2.60 bits per heavy atom. The molecule has 1 aromatic carbocycles. The molecule has 1 unspecified atom stereocenters. The number of benzene rings is 1. The molecule has 2 saturated heterocycles. The largest absolute Gasteiger partial charge is 0.497 e. The summed E-state index contributed by atoms with van der Waals surface area (Å²) in [6.45, 7) is 4.25. The van der Waals surface area contributed by atoms with Gasteiger partial charge in [0, 0.05) is 25.6 Å². The molecular weight excluding hydrogens is 316 g/mol. The first-order chi connectivity index (χ1) is 12.2. The van der Waals surface area contributed by atoms with Crippen molar-refractivity contribution < 1.29 is 14.6 Å². The van der Waals surface area contributed by atoms with Gasteiger partial charge in [0.25, 0.3) is 0 Å². The second kappa shape index (κ2) is 8.68. The molecule has 25 heavy (non-hydrogen) atoms. The molecule has 5 heteroatoms. The normalized spacial score (nSPS) is 21.1. The van der Waals surface area contributed by atoms with Gasteiger partial charge in [0.15, 0.2) is 0 Å². The van der Waals surface area contributed by atoms with E-state index in [1.54, 1.807) is 7.11 Å². The van der Waals surface area contributed by atoms with Crippen LogP contribution in [0.1, 0.15) is 43.8 Å². The van der Waals surface area contributed by atoms with Gasteiger partial charge in [-0.1, -0.05) is 12.1 Å². The van der Waals surface area contributed by atoms with Crippen LogP contribution in [0.2, 0.25) is 0 Å². The summed E-state index contributed by atoms with van der Waals surface area (Å²) in [6, 6.07) is 7.60. The van der Waals surface area contributed by atoms with Crippen molar-refractivity contribution in [3.8, 4) is 5.75 Å². The number of carbonyl (C=O) groups is 1. The van der Waals surface area contributed by atoms with Crippen molar-refractivity contribution in [2.45, 2.75) is 38.2 Å². The average molecular weight is 346 g/mol. The molecule has 0 spiro atoms. The van der Waals surface area contributed by atoms with Crippen molar-refractivity contribution in [1.82, 2.24) is 9.80 Å². The number of hydrogen-bond donors (Lipinski definition) is 1. The Labute approximate surface area is 150 Å². The summed E-state index contributed by atoms with van der Waals surface area (Å²) >= 11 is 0. The van der Waals surface area contributed by atoms with E-state index in [1.807, 2.05) is 24.3 Å². The number of nitrogens with zero attached hydrogens (tertiary/aromatic N) is 2. The van der Waals surface area contributed by atoms with Gasteiger partial charge in [-0.3, -0.25) is 4.79 Å². The van der Waals surface area contributed by atoms with E-state index in [-0.39, 0.29) is 5.92 Å². The van der Waals surface area contributed by atoms with E-state index in [1.165, 1.54) is 6.42 Å². The number of hydrogen-bond acceptors (Lipinski definition) is 4. The van der Waals surface area contributed by atoms with Crippen LogP contribution in [0.15, 0.2) is 24.3 Å². The summed E-state index contributed by atoms with van der Waals surface area (Å²) in [6.07, 6.45) is 4.84. The van der Waals surface area contributed by atoms with Gasteiger partial charge in [0.05, 0.1) is 13.2 Å². The second-order valence-electron chi connectivity index (χ2n) is 7.25. The van der Waals surface area contributed by atoms with Crippen LogP contribution < -0.4 is 4.74 Å². The number of piperidine rings is 2. The molecular formula is C20H30N2O3. The summed E-state index contributed by atoms with van der Waals surface area (Å²) in [5, 5.41) is 10.5. The Bertz CT molecular complexity index is 564. The standard InChI is InChI=1S/C20H30N2O3/c1-25-18-7-5-6-17(14-18)19(23)15-21-12-8-16(9-13-21)20(24)22-10-3-2-4-11-22/h5-7,14,16,19,23H,2-4,8-13,15H2,1H3. The second-order valence-corrected chi connectivity index (χ2v) is 7.25. The summed E-state index contributed by atoms with van der Waals surface area (Å²) in [7, 11) is 1.63. The van der Waals surface area contributed by atoms with Crippen LogP contribution in [-0.4, -0.2) is 60.6 Å². The predicted octanol–water partition coefficient (Wildman–Crippen LogP) is 2.45. The predicted molar refractivity (Wildman–Crippen MR) is 97.5 cm³/mol. The Hall–Kier alpha value is -1.59. The molecule has 2 heterocycles. The molecule has 1 N–H and O–H groups in total. The highest BCUT2D eigenvalue weighted by Gasteiger charge is 2.29. The highest BCUT2D eigenvalue weighted by atomic mass is 16.5. The van der Waals surface area contributed by atoms with Gasteiger partial charge in [-0.25, -0.2) is 0 Å². The van der Waals surface area contributed by atoms with Crippen molar-refractivity contribution in [1.29, 1.82) is 0 Å². The average Bonchev–Trinajstić information content (AvgIpc) is 2.68. The van der Waals surface area contributed by atoms with Gasteiger partial charge in [-0.15, -0.1) is 0 Å². The number of rotatable bonds is 5. The molecule has 2 aliphatic heterocycles. The molecule has 0 radical (unpaired) electrons. The van der Waals surface area contributed by atoms with Crippen molar-refractivity contribution in [3.05, 3.63) is 29.8 Å². The highest BCUT2D eigenvalue weighted by Crippen LogP contribution is 2.25. The lowest BCUT2D eigenvalue weighted by molar-refractivity contribution is -0.138. The number of aliphatic hydroxyl groups is 1. The summed E-state index contributed by atoms with van der Waals surface area (Å²) in [5.74, 6) is 1.29. The van der Waals surface area contributed by atoms with Crippen LogP contribution in [0.4, 0.5) is 0 Å². The van der Waals surface area contributed by atoms with E-state index in [0.29, 0.717) is 12.5 Å². The fourth-order valence-electron chi connectivity index (χ4n) is 3.93. The third-order valence-electron chi connectivity index (χ3n) is 5.51. The molecule has 1 aromatic rings. The molecule has 138 valence electrons. The van der Waals surface area contributed by atoms with Crippen LogP contribution in [0.3, 0.4) is 0 Å². The zero-order valence-corrected chi connectivity index (χ0v) is 15.2. The molecule has 0 bridgehead atoms. The monoisotopic (exact) mass is 346 g/mol. The van der Waals surface area contributed by atoms with Gasteiger partial charge in [0.2, 0.25) is 5.91 Å². The zero-order chi connectivity index (χ0) is 17.6. The Morgan fingerprint density at radius 2 is 1.92 bits per heavy atom. The van der Waals surface area contributed by atoms with E-state index in [9.17, 15) is 9.90 Å². The van der Waals surface area contributed by atoms with E-state index in [4.69, 9.17) is 4.74 Å². The topological polar surface area (TPSA) is 53.0 Å². The van der Waals surface area contributed by atoms with E-state index < -0.39 is 6.10 Å². The van der Waals surface area contributed by atoms with Crippen LogP contribution in [0.25, 0.3) is 0 Å². The highest BCUT2D eigenvalue weighted by molar-refractivity contribution is 5.79. The van der Waals surface area contributed by atoms with Gasteiger partial charge in [-0.05, 0) is 62.9 Å². The molecule has 0 aromatic heterocycles. The molecule has 3 rings (SSSR count). The van der Waals surface area contributed by atoms with E-state index >= 15 is 0 Å². The maximum Gasteiger partial charge on any atom is 0.225 e. The van der Waals surface area contributed by atoms with Crippen molar-refractivity contribution >= 4 is 5.91 Å². The molecule has 0 aliphatic carbocycles. The van der Waals surface area contributed by atoms with Gasteiger partial charge in [-0.2, -0.15) is 0 Å². The van der Waals surface area contributed by atoms with Crippen LogP contribution >= 0.6 is 0 Å². The first-order valence-electron chi connectivity index (χ1n) is 9.50. The fraction of sp³-hybridized carbons (Fsp3) is 0.650. The lowest BCUT2D eigenvalue weighted by atomic mass is 9.94. The third kappa shape index (κ3) is 4.73. The van der Waals surface area contributed by atoms with E-state index in [2.05, 4.69) is 9.80 Å². The molecule has 0 saturated carbocycles. The van der Waals surface area contributed by atoms with Gasteiger partial charge >= 0.3 is 0 Å². The molecule has 1 atom stereocenters. The van der Waals surface area contributed by atoms with Crippen LogP contribution in [0.5, 0.6) is 5.75 Å². The summed E-state index contributed by atoms with van der Waals surface area (Å²) in [4.78, 5) is 17.0. The van der Waals surface area contributed by atoms with Crippen molar-refractivity contribution in [3.63, 3.8) is 0 Å². The smallest absolute Gasteiger partial charge is 0.225 e. The summed E-state index contributed by atoms with van der Waals surface area (Å²) < 4.78 is 5.23. The Morgan fingerprint density at radius 1 is 1.20 bits per heavy atom. The first-order valence-corrected chi connectivity index (χ1v) is 9.50. The number of ether oxygens (including phenoxy) is 1. The lowest BCUT2D eigenvalue weighted by Crippen LogP contribution is -2.45. The SMILES string of the molecule is COc1cccc(C(O)CN2CCC(C(=O)N3CCCCC3)CC2)c1. The molecule has 5 nitrogen and oxygen atoms in total. The molecule has 2 aliphatic rings. The first kappa shape index (κ1) is 18.2. The van der Waals surface area contributed by atoms with Crippen LogP contribution in [0, 0.1) is 5.92 Å². The van der Waals surface area contributed by atoms with Crippen molar-refractivity contribution in [2.24, 2.45) is 5.92 Å². The summed E-state index contributed by atoms with van der Waals surface area (Å²) in [5.41, 5.74) is 0.880. The fourth-order valence-corrected chi connectivity index (χ4v) is 3.93. The molecule has 2 fully saturated rings. The van der Waals surface area contributed by atoms with Gasteiger partial charge in [0.1, 0.15) is 5.75 Å². The minimum absolute atomic E-state index is 0.170. The Kier molecular flexibility index (Phi) is 6.32. The number of methoxy groups -OCH3 is 1. The number of likely N-dealkylation sites (tertiary alicyclic amines) is 2. The number of aliphatic hydroxyl groups excluding tert-OH is 1. The maximum absolute atomic E-state index is 12.6. The van der Waals surface area contributed by atoms with Crippen molar-refractivity contribution in [2.75, 3.05) is 39.8 Å². The van der Waals surface area contributed by atoms with Gasteiger partial charge < -0.3 is 19.6 Å². The minimum atomic E-state index is -0.524. The minimum Gasteiger partial charge on any atom is -0.497 e. The molecule has 1 amide bonds. The Balaban J connectivity index is 1.47.